The molecule has 0 saturated heterocycles. The number of amides is 1. The number of carbonyl (C=O) groups excluding carboxylic acids is 1. The van der Waals surface area contributed by atoms with E-state index in [1.165, 1.54) is 70.6 Å². The van der Waals surface area contributed by atoms with Gasteiger partial charge in [0.15, 0.2) is 0 Å². The number of carboxylic acid groups (broad SMARTS) is 1. The Morgan fingerprint density at radius 3 is 1.59 bits per heavy atom. The van der Waals surface area contributed by atoms with Crippen molar-refractivity contribution in [3.05, 3.63) is 0 Å². The molecular weight excluding hydrogens is 372 g/mol. The summed E-state index contributed by atoms with van der Waals surface area (Å²) in [5.74, 6) is -1.12. The smallest absolute Gasteiger partial charge is 0.303 e. The fourth-order valence-electron chi connectivity index (χ4n) is 2.77. The highest BCUT2D eigenvalue weighted by Crippen LogP contribution is 2.12. The van der Waals surface area contributed by atoms with Crippen molar-refractivity contribution < 1.29 is 24.2 Å². The molecule has 0 saturated carbocycles. The molecule has 0 aromatic carbocycles. The lowest BCUT2D eigenvalue weighted by Gasteiger charge is -2.02. The van der Waals surface area contributed by atoms with E-state index in [1.54, 1.807) is 0 Å². The summed E-state index contributed by atoms with van der Waals surface area (Å²) >= 11 is 0. The number of hydrogen-bond acceptors (Lipinski definition) is 5. The number of primary amides is 1. The summed E-state index contributed by atoms with van der Waals surface area (Å²) in [6.45, 7) is 4.05. The molecular formula is C22H46N2O5. The van der Waals surface area contributed by atoms with Gasteiger partial charge in [-0.2, -0.15) is 0 Å². The fourth-order valence-corrected chi connectivity index (χ4v) is 2.77. The number of carbonyl (C=O) groups is 2. The Bertz CT molecular complexity index is 354. The van der Waals surface area contributed by atoms with E-state index in [9.17, 15) is 9.59 Å². The molecule has 0 aliphatic heterocycles. The first-order chi connectivity index (χ1) is 14.0. The van der Waals surface area contributed by atoms with E-state index in [0.29, 0.717) is 32.8 Å². The van der Waals surface area contributed by atoms with Gasteiger partial charge in [-0.1, -0.05) is 84.0 Å². The largest absolute Gasteiger partial charge is 0.481 e. The molecule has 0 rings (SSSR count). The minimum absolute atomic E-state index is 0.0496. The Balaban J connectivity index is 0. The Hall–Kier alpha value is -1.18. The molecule has 1 amide bonds. The van der Waals surface area contributed by atoms with Gasteiger partial charge in [0.2, 0.25) is 5.91 Å². The van der Waals surface area contributed by atoms with Gasteiger partial charge in [-0.15, -0.1) is 0 Å². The van der Waals surface area contributed by atoms with Gasteiger partial charge in [0, 0.05) is 13.0 Å². The van der Waals surface area contributed by atoms with Crippen LogP contribution in [0.1, 0.15) is 96.8 Å². The molecule has 0 radical (unpaired) electrons. The molecule has 0 atom stereocenters. The van der Waals surface area contributed by atoms with Crippen molar-refractivity contribution >= 4 is 11.9 Å². The molecule has 0 bridgehead atoms. The van der Waals surface area contributed by atoms with Gasteiger partial charge in [0.05, 0.1) is 19.8 Å². The Morgan fingerprint density at radius 1 is 0.724 bits per heavy atom. The van der Waals surface area contributed by atoms with Gasteiger partial charge in [0.25, 0.3) is 0 Å². The lowest BCUT2D eigenvalue weighted by atomic mass is 10.0. The van der Waals surface area contributed by atoms with E-state index in [1.807, 2.05) is 0 Å². The molecule has 0 spiro atoms. The number of aliphatic carboxylic acids is 1. The Labute approximate surface area is 177 Å². The molecule has 29 heavy (non-hydrogen) atoms. The Kier molecular flexibility index (Phi) is 27.8. The number of carboxylic acids is 1. The summed E-state index contributed by atoms with van der Waals surface area (Å²) in [6, 6.07) is 0. The van der Waals surface area contributed by atoms with Gasteiger partial charge in [0.1, 0.15) is 6.61 Å². The predicted octanol–water partition coefficient (Wildman–Crippen LogP) is 4.02. The van der Waals surface area contributed by atoms with Gasteiger partial charge in [-0.3, -0.25) is 9.59 Å². The highest BCUT2D eigenvalue weighted by atomic mass is 16.5. The van der Waals surface area contributed by atoms with E-state index in [-0.39, 0.29) is 6.61 Å². The molecule has 0 aromatic rings. The fraction of sp³-hybridized carbons (Fsp3) is 0.909. The molecule has 0 aliphatic carbocycles. The minimum atomic E-state index is -0.655. The van der Waals surface area contributed by atoms with Crippen molar-refractivity contribution in [2.45, 2.75) is 96.8 Å². The summed E-state index contributed by atoms with van der Waals surface area (Å²) in [4.78, 5) is 20.4. The predicted molar refractivity (Wildman–Crippen MR) is 118 cm³/mol. The van der Waals surface area contributed by atoms with Crippen molar-refractivity contribution in [2.75, 3.05) is 33.0 Å². The molecule has 0 aliphatic rings. The summed E-state index contributed by atoms with van der Waals surface area (Å²) in [5.41, 5.74) is 9.96. The molecule has 7 nitrogen and oxygen atoms in total. The zero-order valence-corrected chi connectivity index (χ0v) is 18.7. The van der Waals surface area contributed by atoms with Crippen LogP contribution in [0.15, 0.2) is 0 Å². The highest BCUT2D eigenvalue weighted by molar-refractivity contribution is 5.74. The van der Waals surface area contributed by atoms with Crippen LogP contribution in [0.25, 0.3) is 0 Å². The molecule has 174 valence electrons. The monoisotopic (exact) mass is 418 g/mol. The second-order valence-corrected chi connectivity index (χ2v) is 7.31. The van der Waals surface area contributed by atoms with Crippen molar-refractivity contribution in [1.29, 1.82) is 0 Å². The average Bonchev–Trinajstić information content (AvgIpc) is 2.68. The van der Waals surface area contributed by atoms with Crippen molar-refractivity contribution in [2.24, 2.45) is 11.5 Å². The third kappa shape index (κ3) is 34.7. The van der Waals surface area contributed by atoms with Crippen LogP contribution in [-0.2, 0) is 19.1 Å². The molecule has 0 heterocycles. The van der Waals surface area contributed by atoms with Crippen molar-refractivity contribution in [3.8, 4) is 0 Å². The number of unbranched alkanes of at least 4 members (excludes halogenated alkanes) is 12. The summed E-state index contributed by atoms with van der Waals surface area (Å²) < 4.78 is 9.76. The van der Waals surface area contributed by atoms with Crippen LogP contribution in [0.5, 0.6) is 0 Å². The van der Waals surface area contributed by atoms with Crippen LogP contribution in [0.2, 0.25) is 0 Å². The lowest BCUT2D eigenvalue weighted by molar-refractivity contribution is -0.137. The maximum Gasteiger partial charge on any atom is 0.303 e. The normalized spacial score (nSPS) is 10.4. The average molecular weight is 419 g/mol. The molecule has 0 fully saturated rings. The van der Waals surface area contributed by atoms with E-state index in [4.69, 9.17) is 26.0 Å². The number of rotatable bonds is 21. The molecule has 0 unspecified atom stereocenters. The van der Waals surface area contributed by atoms with E-state index in [2.05, 4.69) is 6.92 Å². The summed E-state index contributed by atoms with van der Waals surface area (Å²) in [6.07, 6.45) is 17.3. The maximum absolute atomic E-state index is 10.3. The molecule has 0 aromatic heterocycles. The first kappa shape index (κ1) is 30.0. The third-order valence-electron chi connectivity index (χ3n) is 4.37. The number of hydrogen-bond donors (Lipinski definition) is 3. The van der Waals surface area contributed by atoms with Crippen molar-refractivity contribution in [1.82, 2.24) is 0 Å². The quantitative estimate of drug-likeness (QED) is 0.242. The van der Waals surface area contributed by atoms with Gasteiger partial charge >= 0.3 is 5.97 Å². The summed E-state index contributed by atoms with van der Waals surface area (Å²) in [5, 5.41) is 8.49. The van der Waals surface area contributed by atoms with E-state index in [0.717, 1.165) is 12.8 Å². The minimum Gasteiger partial charge on any atom is -0.481 e. The highest BCUT2D eigenvalue weighted by Gasteiger charge is 1.97. The Morgan fingerprint density at radius 2 is 1.17 bits per heavy atom. The second kappa shape index (κ2) is 26.8. The number of nitrogens with two attached hydrogens (primary N) is 2. The van der Waals surface area contributed by atoms with Crippen molar-refractivity contribution in [3.63, 3.8) is 0 Å². The van der Waals surface area contributed by atoms with Crippen LogP contribution >= 0.6 is 0 Å². The van der Waals surface area contributed by atoms with Gasteiger partial charge in [-0.25, -0.2) is 0 Å². The molecule has 7 heteroatoms. The number of ether oxygens (including phenoxy) is 2. The van der Waals surface area contributed by atoms with Gasteiger partial charge < -0.3 is 26.0 Å². The zero-order valence-electron chi connectivity index (χ0n) is 18.7. The summed E-state index contributed by atoms with van der Waals surface area (Å²) in [7, 11) is 0. The van der Waals surface area contributed by atoms with Gasteiger partial charge in [-0.05, 0) is 6.42 Å². The van der Waals surface area contributed by atoms with Crippen LogP contribution in [0, 0.1) is 0 Å². The first-order valence-corrected chi connectivity index (χ1v) is 11.4. The van der Waals surface area contributed by atoms with Crippen LogP contribution in [0.3, 0.4) is 0 Å². The van der Waals surface area contributed by atoms with Crippen LogP contribution in [-0.4, -0.2) is 50.0 Å². The molecule has 5 N–H and O–H groups in total. The maximum atomic E-state index is 10.3. The SMILES string of the molecule is CCCCCCCCCCCCCCCC(=O)O.NCCOCCOCC(N)=O. The lowest BCUT2D eigenvalue weighted by Crippen LogP contribution is -2.20. The second-order valence-electron chi connectivity index (χ2n) is 7.31. The van der Waals surface area contributed by atoms with E-state index < -0.39 is 11.9 Å². The standard InChI is InChI=1S/C16H32O2.C6H14N2O3/c1-2-3-4-5-6-7-8-9-10-11-12-13-14-15-16(17)18;7-1-2-10-3-4-11-5-6(8)9/h2-15H2,1H3,(H,17,18);1-5,7H2,(H2,8,9). The third-order valence-corrected chi connectivity index (χ3v) is 4.37. The topological polar surface area (TPSA) is 125 Å². The van der Waals surface area contributed by atoms with Crippen LogP contribution < -0.4 is 11.5 Å². The van der Waals surface area contributed by atoms with Crippen LogP contribution in [0.4, 0.5) is 0 Å². The first-order valence-electron chi connectivity index (χ1n) is 11.4. The zero-order chi connectivity index (χ0) is 22.0. The van der Waals surface area contributed by atoms with E-state index >= 15 is 0 Å².